The predicted molar refractivity (Wildman–Crippen MR) is 104 cm³/mol. The van der Waals surface area contributed by atoms with Crippen molar-refractivity contribution in [2.45, 2.75) is 33.6 Å². The quantitative estimate of drug-likeness (QED) is 0.722. The Morgan fingerprint density at radius 3 is 2.61 bits per heavy atom. The Morgan fingerprint density at radius 2 is 1.96 bits per heavy atom. The second-order valence-electron chi connectivity index (χ2n) is 7.31. The van der Waals surface area contributed by atoms with Gasteiger partial charge in [-0.3, -0.25) is 0 Å². The molecule has 0 atom stereocenters. The molecule has 1 aliphatic carbocycles. The van der Waals surface area contributed by atoms with E-state index in [4.69, 9.17) is 9.47 Å². The van der Waals surface area contributed by atoms with Crippen LogP contribution in [0.25, 0.3) is 0 Å². The number of halogens is 1. The first-order valence-corrected chi connectivity index (χ1v) is 9.60. The zero-order valence-corrected chi connectivity index (χ0v) is 16.7. The zero-order valence-electron chi connectivity index (χ0n) is 16.7. The molecule has 2 aromatic rings. The lowest BCUT2D eigenvalue weighted by Crippen LogP contribution is -2.62. The highest BCUT2D eigenvalue weighted by Gasteiger charge is 2.51. The summed E-state index contributed by atoms with van der Waals surface area (Å²) >= 11 is 0. The van der Waals surface area contributed by atoms with Crippen molar-refractivity contribution in [3.05, 3.63) is 42.1 Å². The number of anilines is 1. The van der Waals surface area contributed by atoms with Crippen LogP contribution in [0, 0.1) is 17.2 Å². The zero-order chi connectivity index (χ0) is 20.3. The van der Waals surface area contributed by atoms with Crippen LogP contribution >= 0.6 is 0 Å². The molecule has 1 saturated carbocycles. The number of methoxy groups -OCH3 is 1. The molecule has 1 spiro atoms. The second kappa shape index (κ2) is 8.12. The molecule has 1 saturated heterocycles. The lowest BCUT2D eigenvalue weighted by Gasteiger charge is -2.59. The smallest absolute Gasteiger partial charge is 0.341 e. The van der Waals surface area contributed by atoms with Gasteiger partial charge in [-0.2, -0.15) is 0 Å². The van der Waals surface area contributed by atoms with Crippen molar-refractivity contribution in [2.75, 3.05) is 25.1 Å². The van der Waals surface area contributed by atoms with E-state index in [0.29, 0.717) is 17.0 Å². The molecular weight excluding hydrogens is 361 g/mol. The summed E-state index contributed by atoms with van der Waals surface area (Å²) in [6.45, 7) is 8.16. The van der Waals surface area contributed by atoms with Gasteiger partial charge < -0.3 is 14.4 Å². The third-order valence-electron chi connectivity index (χ3n) is 5.14. The normalized spacial score (nSPS) is 17.1. The average molecular weight is 387 g/mol. The molecule has 1 aromatic carbocycles. The van der Waals surface area contributed by atoms with Crippen molar-refractivity contribution in [2.24, 2.45) is 11.3 Å². The van der Waals surface area contributed by atoms with Gasteiger partial charge in [0.15, 0.2) is 11.6 Å². The molecule has 2 fully saturated rings. The summed E-state index contributed by atoms with van der Waals surface area (Å²) in [4.78, 5) is 22.4. The van der Waals surface area contributed by atoms with Crippen LogP contribution in [0.3, 0.4) is 0 Å². The Bertz CT molecular complexity index is 845. The van der Waals surface area contributed by atoms with Crippen molar-refractivity contribution >= 4 is 11.8 Å². The monoisotopic (exact) mass is 387 g/mol. The molecular formula is C21H26FN3O3. The maximum absolute atomic E-state index is 13.5. The van der Waals surface area contributed by atoms with E-state index in [1.54, 1.807) is 6.20 Å². The summed E-state index contributed by atoms with van der Waals surface area (Å²) in [6, 6.07) is 3.74. The van der Waals surface area contributed by atoms with Crippen LogP contribution in [0.4, 0.5) is 10.2 Å². The van der Waals surface area contributed by atoms with E-state index in [-0.39, 0.29) is 11.3 Å². The molecule has 1 aromatic heterocycles. The molecule has 6 nitrogen and oxygen atoms in total. The average Bonchev–Trinajstić information content (AvgIpc) is 2.66. The van der Waals surface area contributed by atoms with Gasteiger partial charge in [0.2, 0.25) is 0 Å². The fraction of sp³-hybridized carbons (Fsp3) is 0.476. The summed E-state index contributed by atoms with van der Waals surface area (Å²) in [5.74, 6) is 0.925. The number of hydrogen-bond acceptors (Lipinski definition) is 6. The molecule has 0 unspecified atom stereocenters. The first-order chi connectivity index (χ1) is 13.5. The number of carbonyl (C=O) groups excluding carboxylic acids is 1. The summed E-state index contributed by atoms with van der Waals surface area (Å²) in [6.07, 6.45) is 5.52. The van der Waals surface area contributed by atoms with Crippen LogP contribution in [0.5, 0.6) is 11.5 Å². The van der Waals surface area contributed by atoms with Gasteiger partial charge in [-0.05, 0) is 37.0 Å². The van der Waals surface area contributed by atoms with Gasteiger partial charge in [0.1, 0.15) is 23.5 Å². The van der Waals surface area contributed by atoms with E-state index in [0.717, 1.165) is 25.1 Å². The third kappa shape index (κ3) is 3.79. The van der Waals surface area contributed by atoms with Crippen LogP contribution in [-0.2, 0) is 4.74 Å². The van der Waals surface area contributed by atoms with Crippen molar-refractivity contribution in [1.82, 2.24) is 9.97 Å². The topological polar surface area (TPSA) is 64.5 Å². The number of rotatable bonds is 4. The number of nitrogens with zero attached hydrogens (tertiary/aromatic N) is 3. The van der Waals surface area contributed by atoms with Crippen molar-refractivity contribution < 1.29 is 18.7 Å². The molecule has 0 N–H and O–H groups in total. The van der Waals surface area contributed by atoms with Crippen LogP contribution in [0.2, 0.25) is 0 Å². The minimum absolute atomic E-state index is 0.0233. The Labute approximate surface area is 164 Å². The summed E-state index contributed by atoms with van der Waals surface area (Å²) in [5.41, 5.74) is 0.435. The molecule has 2 aliphatic rings. The minimum Gasteiger partial charge on any atom is -0.465 e. The molecule has 2 heterocycles. The standard InChI is InChI=1S/C19H20FN3O3.C2H6/c1-12-6-19(7-12)9-23(10-19)17-16(8-21-11-22-17)26-15-4-3-13(20)5-14(15)18(24)25-2;1-2/h3-5,8,11-12H,6-7,9-10H2,1-2H3;1-2H3. The van der Waals surface area contributed by atoms with Crippen LogP contribution in [0.15, 0.2) is 30.7 Å². The van der Waals surface area contributed by atoms with Crippen molar-refractivity contribution in [3.63, 3.8) is 0 Å². The molecule has 0 radical (unpaired) electrons. The van der Waals surface area contributed by atoms with Crippen LogP contribution in [-0.4, -0.2) is 36.1 Å². The lowest BCUT2D eigenvalue weighted by molar-refractivity contribution is 0.0329. The van der Waals surface area contributed by atoms with E-state index >= 15 is 0 Å². The van der Waals surface area contributed by atoms with E-state index in [1.807, 2.05) is 13.8 Å². The van der Waals surface area contributed by atoms with Gasteiger partial charge in [-0.25, -0.2) is 19.2 Å². The Kier molecular flexibility index (Phi) is 5.82. The van der Waals surface area contributed by atoms with E-state index < -0.39 is 11.8 Å². The minimum atomic E-state index is -0.663. The molecule has 0 amide bonds. The van der Waals surface area contributed by atoms with Gasteiger partial charge in [-0.15, -0.1) is 0 Å². The number of benzene rings is 1. The van der Waals surface area contributed by atoms with Crippen LogP contribution < -0.4 is 9.64 Å². The maximum Gasteiger partial charge on any atom is 0.341 e. The number of hydrogen-bond donors (Lipinski definition) is 0. The van der Waals surface area contributed by atoms with Crippen molar-refractivity contribution in [3.8, 4) is 11.5 Å². The fourth-order valence-electron chi connectivity index (χ4n) is 4.19. The summed E-state index contributed by atoms with van der Waals surface area (Å²) in [5, 5.41) is 0. The molecule has 1 aliphatic heterocycles. The largest absolute Gasteiger partial charge is 0.465 e. The Morgan fingerprint density at radius 1 is 1.25 bits per heavy atom. The van der Waals surface area contributed by atoms with E-state index in [2.05, 4.69) is 21.8 Å². The summed E-state index contributed by atoms with van der Waals surface area (Å²) < 4.78 is 24.1. The number of carbonyl (C=O) groups is 1. The van der Waals surface area contributed by atoms with E-state index in [1.165, 1.54) is 38.4 Å². The van der Waals surface area contributed by atoms with Gasteiger partial charge in [0.05, 0.1) is 13.3 Å². The fourth-order valence-corrected chi connectivity index (χ4v) is 4.19. The first kappa shape index (κ1) is 20.0. The van der Waals surface area contributed by atoms with Gasteiger partial charge in [0.25, 0.3) is 0 Å². The maximum atomic E-state index is 13.5. The predicted octanol–water partition coefficient (Wildman–Crippen LogP) is 4.46. The first-order valence-electron chi connectivity index (χ1n) is 9.60. The number of ether oxygens (including phenoxy) is 2. The third-order valence-corrected chi connectivity index (χ3v) is 5.14. The van der Waals surface area contributed by atoms with Crippen LogP contribution in [0.1, 0.15) is 44.0 Å². The van der Waals surface area contributed by atoms with Crippen molar-refractivity contribution in [1.29, 1.82) is 0 Å². The highest BCUT2D eigenvalue weighted by Crippen LogP contribution is 2.53. The van der Waals surface area contributed by atoms with E-state index in [9.17, 15) is 9.18 Å². The highest BCUT2D eigenvalue weighted by atomic mass is 19.1. The molecule has 28 heavy (non-hydrogen) atoms. The Hall–Kier alpha value is -2.70. The number of aromatic nitrogens is 2. The summed E-state index contributed by atoms with van der Waals surface area (Å²) in [7, 11) is 1.24. The Balaban J connectivity index is 0.00000109. The molecule has 4 rings (SSSR count). The van der Waals surface area contributed by atoms with Gasteiger partial charge in [0, 0.05) is 18.5 Å². The van der Waals surface area contributed by atoms with Gasteiger partial charge >= 0.3 is 5.97 Å². The highest BCUT2D eigenvalue weighted by molar-refractivity contribution is 5.92. The molecule has 7 heteroatoms. The SMILES string of the molecule is CC.COC(=O)c1cc(F)ccc1Oc1cncnc1N1CC2(CC(C)C2)C1. The molecule has 0 bridgehead atoms. The second-order valence-corrected chi connectivity index (χ2v) is 7.31. The number of esters is 1. The molecule has 150 valence electrons. The van der Waals surface area contributed by atoms with Gasteiger partial charge in [-0.1, -0.05) is 20.8 Å². The lowest BCUT2D eigenvalue weighted by atomic mass is 9.58.